The van der Waals surface area contributed by atoms with E-state index in [2.05, 4.69) is 5.32 Å². The van der Waals surface area contributed by atoms with E-state index < -0.39 is 0 Å². The lowest BCUT2D eigenvalue weighted by molar-refractivity contribution is -0.124. The maximum Gasteiger partial charge on any atom is 0.222 e. The molecule has 0 saturated heterocycles. The zero-order valence-electron chi connectivity index (χ0n) is 8.84. The molecule has 1 amide bonds. The topological polar surface area (TPSA) is 49.3 Å². The van der Waals surface area contributed by atoms with Crippen molar-refractivity contribution < 1.29 is 9.90 Å². The van der Waals surface area contributed by atoms with E-state index in [1.165, 1.54) is 0 Å². The fourth-order valence-corrected chi connectivity index (χ4v) is 0.957. The molecule has 0 rings (SSSR count). The summed E-state index contributed by atoms with van der Waals surface area (Å²) >= 11 is 0. The number of amides is 1. The molecule has 0 spiro atoms. The number of rotatable bonds is 6. The fourth-order valence-electron chi connectivity index (χ4n) is 0.957. The van der Waals surface area contributed by atoms with Gasteiger partial charge in [-0.1, -0.05) is 20.8 Å². The highest BCUT2D eigenvalue weighted by Gasteiger charge is 2.10. The van der Waals surface area contributed by atoms with Gasteiger partial charge in [0, 0.05) is 19.1 Å². The van der Waals surface area contributed by atoms with Crippen LogP contribution in [-0.4, -0.2) is 24.2 Å². The van der Waals surface area contributed by atoms with E-state index >= 15 is 0 Å². The van der Waals surface area contributed by atoms with E-state index in [0.29, 0.717) is 12.5 Å². The second-order valence-corrected chi connectivity index (χ2v) is 3.67. The SMILES string of the molecule is CCC(C)C(=O)NCC(C)CCO. The van der Waals surface area contributed by atoms with Gasteiger partial charge in [0.25, 0.3) is 0 Å². The second kappa shape index (κ2) is 6.89. The normalized spacial score (nSPS) is 15.1. The first-order valence-corrected chi connectivity index (χ1v) is 5.00. The molecule has 2 N–H and O–H groups in total. The summed E-state index contributed by atoms with van der Waals surface area (Å²) in [4.78, 5) is 11.3. The van der Waals surface area contributed by atoms with E-state index in [0.717, 1.165) is 12.8 Å². The Balaban J connectivity index is 3.57. The molecule has 0 aliphatic heterocycles. The molecule has 3 heteroatoms. The summed E-state index contributed by atoms with van der Waals surface area (Å²) in [6, 6.07) is 0. The molecule has 0 aromatic heterocycles. The molecular formula is C10H21NO2. The standard InChI is InChI=1S/C10H21NO2/c1-4-9(3)10(13)11-7-8(2)5-6-12/h8-9,12H,4-7H2,1-3H3,(H,11,13). The number of carbonyl (C=O) groups excluding carboxylic acids is 1. The van der Waals surface area contributed by atoms with Gasteiger partial charge in [-0.3, -0.25) is 4.79 Å². The lowest BCUT2D eigenvalue weighted by Crippen LogP contribution is -2.32. The molecule has 0 radical (unpaired) electrons. The molecule has 0 aromatic rings. The first-order valence-electron chi connectivity index (χ1n) is 5.00. The van der Waals surface area contributed by atoms with Crippen molar-refractivity contribution in [1.29, 1.82) is 0 Å². The van der Waals surface area contributed by atoms with E-state index in [4.69, 9.17) is 5.11 Å². The number of nitrogens with one attached hydrogen (secondary N) is 1. The molecule has 2 atom stereocenters. The van der Waals surface area contributed by atoms with Gasteiger partial charge in [0.05, 0.1) is 0 Å². The van der Waals surface area contributed by atoms with Gasteiger partial charge in [-0.05, 0) is 18.8 Å². The van der Waals surface area contributed by atoms with Crippen molar-refractivity contribution in [1.82, 2.24) is 5.32 Å². The monoisotopic (exact) mass is 187 g/mol. The van der Waals surface area contributed by atoms with Crippen LogP contribution < -0.4 is 5.32 Å². The largest absolute Gasteiger partial charge is 0.396 e. The molecule has 13 heavy (non-hydrogen) atoms. The predicted molar refractivity (Wildman–Crippen MR) is 53.3 cm³/mol. The van der Waals surface area contributed by atoms with Gasteiger partial charge in [0.2, 0.25) is 5.91 Å². The smallest absolute Gasteiger partial charge is 0.222 e. The Hall–Kier alpha value is -0.570. The molecular weight excluding hydrogens is 166 g/mol. The van der Waals surface area contributed by atoms with Crippen molar-refractivity contribution in [2.24, 2.45) is 11.8 Å². The molecule has 0 aromatic carbocycles. The van der Waals surface area contributed by atoms with Crippen molar-refractivity contribution in [2.45, 2.75) is 33.6 Å². The van der Waals surface area contributed by atoms with Crippen LogP contribution in [0.5, 0.6) is 0 Å². The second-order valence-electron chi connectivity index (χ2n) is 3.67. The van der Waals surface area contributed by atoms with Gasteiger partial charge < -0.3 is 10.4 Å². The van der Waals surface area contributed by atoms with Crippen molar-refractivity contribution in [3.63, 3.8) is 0 Å². The summed E-state index contributed by atoms with van der Waals surface area (Å²) in [5.74, 6) is 0.576. The van der Waals surface area contributed by atoms with Crippen molar-refractivity contribution in [2.75, 3.05) is 13.2 Å². The Labute approximate surface area is 80.5 Å². The Morgan fingerprint density at radius 1 is 1.46 bits per heavy atom. The molecule has 0 aliphatic carbocycles. The third-order valence-corrected chi connectivity index (χ3v) is 2.31. The Morgan fingerprint density at radius 2 is 2.08 bits per heavy atom. The lowest BCUT2D eigenvalue weighted by Gasteiger charge is -2.13. The molecule has 0 heterocycles. The molecule has 0 saturated carbocycles. The van der Waals surface area contributed by atoms with Gasteiger partial charge in [-0.2, -0.15) is 0 Å². The average Bonchev–Trinajstić information content (AvgIpc) is 2.13. The Kier molecular flexibility index (Phi) is 6.59. The third kappa shape index (κ3) is 5.64. The van der Waals surface area contributed by atoms with Gasteiger partial charge >= 0.3 is 0 Å². The summed E-state index contributed by atoms with van der Waals surface area (Å²) in [5, 5.41) is 11.5. The summed E-state index contributed by atoms with van der Waals surface area (Å²) in [6.45, 7) is 6.81. The van der Waals surface area contributed by atoms with Crippen LogP contribution in [0.4, 0.5) is 0 Å². The maximum atomic E-state index is 11.3. The van der Waals surface area contributed by atoms with E-state index in [9.17, 15) is 4.79 Å². The first kappa shape index (κ1) is 12.4. The summed E-state index contributed by atoms with van der Waals surface area (Å²) in [7, 11) is 0. The van der Waals surface area contributed by atoms with Crippen LogP contribution in [0.1, 0.15) is 33.6 Å². The molecule has 0 fully saturated rings. The van der Waals surface area contributed by atoms with Gasteiger partial charge in [0.15, 0.2) is 0 Å². The van der Waals surface area contributed by atoms with Crippen molar-refractivity contribution >= 4 is 5.91 Å². The molecule has 0 bridgehead atoms. The van der Waals surface area contributed by atoms with E-state index in [1.807, 2.05) is 20.8 Å². The van der Waals surface area contributed by atoms with E-state index in [-0.39, 0.29) is 18.4 Å². The zero-order valence-corrected chi connectivity index (χ0v) is 8.84. The van der Waals surface area contributed by atoms with Crippen LogP contribution in [0.15, 0.2) is 0 Å². The van der Waals surface area contributed by atoms with Crippen LogP contribution in [0, 0.1) is 11.8 Å². The lowest BCUT2D eigenvalue weighted by atomic mass is 10.1. The third-order valence-electron chi connectivity index (χ3n) is 2.31. The van der Waals surface area contributed by atoms with Crippen LogP contribution in [-0.2, 0) is 4.79 Å². The first-order chi connectivity index (χ1) is 6.11. The number of aliphatic hydroxyl groups is 1. The zero-order chi connectivity index (χ0) is 10.3. The summed E-state index contributed by atoms with van der Waals surface area (Å²) < 4.78 is 0. The van der Waals surface area contributed by atoms with Crippen molar-refractivity contribution in [3.05, 3.63) is 0 Å². The number of hydrogen-bond acceptors (Lipinski definition) is 2. The van der Waals surface area contributed by atoms with E-state index in [1.54, 1.807) is 0 Å². The molecule has 3 nitrogen and oxygen atoms in total. The fraction of sp³-hybridized carbons (Fsp3) is 0.900. The quantitative estimate of drug-likeness (QED) is 0.655. The number of aliphatic hydroxyl groups excluding tert-OH is 1. The minimum absolute atomic E-state index is 0.0985. The average molecular weight is 187 g/mol. The maximum absolute atomic E-state index is 11.3. The predicted octanol–water partition coefficient (Wildman–Crippen LogP) is 1.17. The highest BCUT2D eigenvalue weighted by Crippen LogP contribution is 2.02. The molecule has 0 aliphatic rings. The molecule has 78 valence electrons. The van der Waals surface area contributed by atoms with Crippen LogP contribution >= 0.6 is 0 Å². The number of carbonyl (C=O) groups is 1. The van der Waals surface area contributed by atoms with Crippen LogP contribution in [0.25, 0.3) is 0 Å². The molecule has 2 unspecified atom stereocenters. The minimum Gasteiger partial charge on any atom is -0.396 e. The minimum atomic E-state index is 0.0985. The van der Waals surface area contributed by atoms with Gasteiger partial charge in [-0.15, -0.1) is 0 Å². The highest BCUT2D eigenvalue weighted by atomic mass is 16.3. The van der Waals surface area contributed by atoms with Crippen LogP contribution in [0.2, 0.25) is 0 Å². The number of hydrogen-bond donors (Lipinski definition) is 2. The summed E-state index contributed by atoms with van der Waals surface area (Å²) in [6.07, 6.45) is 1.63. The Morgan fingerprint density at radius 3 is 2.54 bits per heavy atom. The van der Waals surface area contributed by atoms with Gasteiger partial charge in [-0.25, -0.2) is 0 Å². The Bertz CT molecular complexity index is 148. The highest BCUT2D eigenvalue weighted by molar-refractivity contribution is 5.78. The van der Waals surface area contributed by atoms with Crippen LogP contribution in [0.3, 0.4) is 0 Å². The summed E-state index contributed by atoms with van der Waals surface area (Å²) in [5.41, 5.74) is 0. The van der Waals surface area contributed by atoms with Crippen molar-refractivity contribution in [3.8, 4) is 0 Å². The van der Waals surface area contributed by atoms with Gasteiger partial charge in [0.1, 0.15) is 0 Å².